The Morgan fingerprint density at radius 2 is 2.33 bits per heavy atom. The highest BCUT2D eigenvalue weighted by Gasteiger charge is 2.24. The number of aliphatic hydroxyl groups excluding tert-OH is 1. The van der Waals surface area contributed by atoms with Crippen molar-refractivity contribution >= 4 is 23.2 Å². The zero-order valence-electron chi connectivity index (χ0n) is 10.2. The number of hydrogen-bond donors (Lipinski definition) is 2. The van der Waals surface area contributed by atoms with Gasteiger partial charge in [0.15, 0.2) is 0 Å². The molecule has 2 amide bonds. The van der Waals surface area contributed by atoms with Crippen molar-refractivity contribution in [3.63, 3.8) is 0 Å². The minimum Gasteiger partial charge on any atom is -0.391 e. The molecule has 2 N–H and O–H groups in total. The number of nitrogens with zero attached hydrogens (tertiary/aromatic N) is 1. The highest BCUT2D eigenvalue weighted by molar-refractivity contribution is 7.13. The lowest BCUT2D eigenvalue weighted by Gasteiger charge is -2.15. The molecule has 0 aromatic carbocycles. The number of hydrogen-bond acceptors (Lipinski definition) is 4. The van der Waals surface area contributed by atoms with Crippen LogP contribution in [0.2, 0.25) is 0 Å². The molecule has 0 radical (unpaired) electrons. The molecule has 18 heavy (non-hydrogen) atoms. The summed E-state index contributed by atoms with van der Waals surface area (Å²) in [5, 5.41) is 11.9. The van der Waals surface area contributed by atoms with Crippen molar-refractivity contribution in [3.05, 3.63) is 21.9 Å². The topological polar surface area (TPSA) is 69.6 Å². The van der Waals surface area contributed by atoms with Gasteiger partial charge in [0.25, 0.3) is 5.91 Å². The van der Waals surface area contributed by atoms with Gasteiger partial charge in [-0.25, -0.2) is 0 Å². The third-order valence-corrected chi connectivity index (χ3v) is 3.88. The van der Waals surface area contributed by atoms with E-state index < -0.39 is 6.10 Å². The number of aliphatic hydroxyl groups is 1. The van der Waals surface area contributed by atoms with Gasteiger partial charge in [0.2, 0.25) is 5.91 Å². The Kier molecular flexibility index (Phi) is 3.98. The van der Waals surface area contributed by atoms with Crippen LogP contribution in [0.5, 0.6) is 0 Å². The van der Waals surface area contributed by atoms with E-state index in [2.05, 4.69) is 5.32 Å². The van der Waals surface area contributed by atoms with Gasteiger partial charge in [-0.2, -0.15) is 0 Å². The van der Waals surface area contributed by atoms with Gasteiger partial charge in [-0.15, -0.1) is 11.3 Å². The van der Waals surface area contributed by atoms with Gasteiger partial charge < -0.3 is 15.3 Å². The normalized spacial score (nSPS) is 19.0. The molecule has 0 spiro atoms. The monoisotopic (exact) mass is 268 g/mol. The second-order valence-electron chi connectivity index (χ2n) is 4.38. The van der Waals surface area contributed by atoms with Crippen molar-refractivity contribution in [1.29, 1.82) is 0 Å². The van der Waals surface area contributed by atoms with E-state index in [-0.39, 0.29) is 18.4 Å². The zero-order chi connectivity index (χ0) is 13.1. The summed E-state index contributed by atoms with van der Waals surface area (Å²) >= 11 is 1.40. The van der Waals surface area contributed by atoms with Crippen LogP contribution in [0, 0.1) is 6.92 Å². The van der Waals surface area contributed by atoms with Crippen LogP contribution in [0.1, 0.15) is 21.0 Å². The van der Waals surface area contributed by atoms with E-state index in [1.54, 1.807) is 11.0 Å². The Morgan fingerprint density at radius 1 is 1.56 bits per heavy atom. The first-order valence-electron chi connectivity index (χ1n) is 5.87. The maximum atomic E-state index is 11.7. The van der Waals surface area contributed by atoms with E-state index in [0.29, 0.717) is 24.4 Å². The number of nitrogens with one attached hydrogen (secondary N) is 1. The Labute approximate surface area is 109 Å². The molecule has 1 aliphatic heterocycles. The van der Waals surface area contributed by atoms with Gasteiger partial charge in [0, 0.05) is 18.0 Å². The first-order valence-corrected chi connectivity index (χ1v) is 6.68. The van der Waals surface area contributed by atoms with E-state index >= 15 is 0 Å². The summed E-state index contributed by atoms with van der Waals surface area (Å²) in [6.45, 7) is 2.85. The van der Waals surface area contributed by atoms with Crippen LogP contribution in [0.25, 0.3) is 0 Å². The fourth-order valence-corrected chi connectivity index (χ4v) is 2.66. The van der Waals surface area contributed by atoms with Gasteiger partial charge in [0.1, 0.15) is 0 Å². The van der Waals surface area contributed by atoms with Crippen LogP contribution in [-0.4, -0.2) is 47.6 Å². The van der Waals surface area contributed by atoms with Crippen LogP contribution in [0.3, 0.4) is 0 Å². The number of β-amino-alcohol motifs (C(OH)–C–C–N with tert-alkyl or cyclic N) is 1. The summed E-state index contributed by atoms with van der Waals surface area (Å²) in [5.41, 5.74) is 0. The van der Waals surface area contributed by atoms with Gasteiger partial charge in [-0.1, -0.05) is 0 Å². The van der Waals surface area contributed by atoms with E-state index in [0.717, 1.165) is 4.88 Å². The Bertz CT molecular complexity index is 458. The summed E-state index contributed by atoms with van der Waals surface area (Å²) < 4.78 is 0. The SMILES string of the molecule is Cc1ccc(C(=O)NCC(=O)N2CC[C@H](O)C2)s1. The van der Waals surface area contributed by atoms with Crippen molar-refractivity contribution in [2.24, 2.45) is 0 Å². The van der Waals surface area contributed by atoms with Gasteiger partial charge in [0.05, 0.1) is 17.5 Å². The predicted octanol–water partition coefficient (Wildman–Crippen LogP) is 0.380. The van der Waals surface area contributed by atoms with Crippen molar-refractivity contribution in [2.45, 2.75) is 19.4 Å². The fourth-order valence-electron chi connectivity index (χ4n) is 1.88. The Morgan fingerprint density at radius 3 is 2.89 bits per heavy atom. The van der Waals surface area contributed by atoms with Crippen LogP contribution in [0.15, 0.2) is 12.1 Å². The van der Waals surface area contributed by atoms with Crippen LogP contribution < -0.4 is 5.32 Å². The number of amides is 2. The lowest BCUT2D eigenvalue weighted by atomic mass is 10.3. The molecule has 1 aromatic rings. The van der Waals surface area contributed by atoms with Crippen molar-refractivity contribution < 1.29 is 14.7 Å². The zero-order valence-corrected chi connectivity index (χ0v) is 11.0. The number of thiophene rings is 1. The number of likely N-dealkylation sites (tertiary alicyclic amines) is 1. The average Bonchev–Trinajstić information content (AvgIpc) is 2.94. The molecule has 1 aromatic heterocycles. The highest BCUT2D eigenvalue weighted by atomic mass is 32.1. The Balaban J connectivity index is 1.81. The highest BCUT2D eigenvalue weighted by Crippen LogP contribution is 2.14. The molecule has 0 bridgehead atoms. The smallest absolute Gasteiger partial charge is 0.261 e. The Hall–Kier alpha value is -1.40. The molecule has 6 heteroatoms. The quantitative estimate of drug-likeness (QED) is 0.832. The molecule has 1 saturated heterocycles. The third kappa shape index (κ3) is 3.08. The van der Waals surface area contributed by atoms with Gasteiger partial charge in [-0.05, 0) is 25.5 Å². The minimum absolute atomic E-state index is 0.0114. The molecule has 0 saturated carbocycles. The fraction of sp³-hybridized carbons (Fsp3) is 0.500. The number of rotatable bonds is 3. The molecule has 98 valence electrons. The molecule has 2 heterocycles. The summed E-state index contributed by atoms with van der Waals surface area (Å²) in [4.78, 5) is 26.7. The summed E-state index contributed by atoms with van der Waals surface area (Å²) in [7, 11) is 0. The number of aryl methyl sites for hydroxylation is 1. The van der Waals surface area contributed by atoms with E-state index in [1.165, 1.54) is 11.3 Å². The van der Waals surface area contributed by atoms with E-state index in [4.69, 9.17) is 0 Å². The van der Waals surface area contributed by atoms with Gasteiger partial charge >= 0.3 is 0 Å². The van der Waals surface area contributed by atoms with Crippen LogP contribution in [0.4, 0.5) is 0 Å². The van der Waals surface area contributed by atoms with E-state index in [9.17, 15) is 14.7 Å². The second-order valence-corrected chi connectivity index (χ2v) is 5.66. The molecular weight excluding hydrogens is 252 g/mol. The minimum atomic E-state index is -0.426. The number of carbonyl (C=O) groups is 2. The predicted molar refractivity (Wildman–Crippen MR) is 68.6 cm³/mol. The molecule has 2 rings (SSSR count). The molecule has 1 atom stereocenters. The summed E-state index contributed by atoms with van der Waals surface area (Å²) in [6.07, 6.45) is 0.189. The first-order chi connectivity index (χ1) is 8.56. The standard InChI is InChI=1S/C12H16N2O3S/c1-8-2-3-10(18-8)12(17)13-6-11(16)14-5-4-9(15)7-14/h2-3,9,15H,4-7H2,1H3,(H,13,17)/t9-/m0/s1. The van der Waals surface area contributed by atoms with Crippen molar-refractivity contribution in [3.8, 4) is 0 Å². The maximum absolute atomic E-state index is 11.7. The summed E-state index contributed by atoms with van der Waals surface area (Å²) in [5.74, 6) is -0.366. The lowest BCUT2D eigenvalue weighted by molar-refractivity contribution is -0.129. The van der Waals surface area contributed by atoms with Crippen molar-refractivity contribution in [2.75, 3.05) is 19.6 Å². The average molecular weight is 268 g/mol. The molecule has 1 fully saturated rings. The largest absolute Gasteiger partial charge is 0.391 e. The third-order valence-electron chi connectivity index (χ3n) is 2.88. The lowest BCUT2D eigenvalue weighted by Crippen LogP contribution is -2.39. The molecular formula is C12H16N2O3S. The molecule has 0 aliphatic carbocycles. The molecule has 1 aliphatic rings. The van der Waals surface area contributed by atoms with Crippen molar-refractivity contribution in [1.82, 2.24) is 10.2 Å². The number of carbonyl (C=O) groups excluding carboxylic acids is 2. The molecule has 0 unspecified atom stereocenters. The molecule has 5 nitrogen and oxygen atoms in total. The van der Waals surface area contributed by atoms with Gasteiger partial charge in [-0.3, -0.25) is 9.59 Å². The van der Waals surface area contributed by atoms with Crippen LogP contribution in [-0.2, 0) is 4.79 Å². The second kappa shape index (κ2) is 5.49. The van der Waals surface area contributed by atoms with E-state index in [1.807, 2.05) is 13.0 Å². The summed E-state index contributed by atoms with van der Waals surface area (Å²) in [6, 6.07) is 3.62. The maximum Gasteiger partial charge on any atom is 0.261 e. The first kappa shape index (κ1) is 13.0. The van der Waals surface area contributed by atoms with Crippen LogP contribution >= 0.6 is 11.3 Å².